The smallest absolute Gasteiger partial charge is 0.335 e. The highest BCUT2D eigenvalue weighted by molar-refractivity contribution is 5.98. The zero-order valence-electron chi connectivity index (χ0n) is 15.9. The summed E-state index contributed by atoms with van der Waals surface area (Å²) in [4.78, 5) is 24.7. The van der Waals surface area contributed by atoms with Crippen LogP contribution in [0, 0.1) is 5.82 Å². The van der Waals surface area contributed by atoms with Crippen molar-refractivity contribution in [1.29, 1.82) is 0 Å². The van der Waals surface area contributed by atoms with Crippen LogP contribution in [0.5, 0.6) is 0 Å². The van der Waals surface area contributed by atoms with Crippen LogP contribution in [-0.2, 0) is 6.54 Å². The summed E-state index contributed by atoms with van der Waals surface area (Å²) in [6.07, 6.45) is 3.15. The maximum atomic E-state index is 14.6. The van der Waals surface area contributed by atoms with E-state index in [1.54, 1.807) is 25.3 Å². The Balaban J connectivity index is 1.50. The molecule has 1 fully saturated rings. The molecule has 1 aromatic carbocycles. The average molecular weight is 405 g/mol. The van der Waals surface area contributed by atoms with Crippen LogP contribution in [0.25, 0.3) is 22.2 Å². The Bertz CT molecular complexity index is 1320. The first-order valence-corrected chi connectivity index (χ1v) is 9.29. The number of pyridine rings is 1. The number of hydrogen-bond donors (Lipinski definition) is 1. The molecular weight excluding hydrogens is 389 g/mol. The number of carbonyl (C=O) groups excluding carboxylic acids is 1. The van der Waals surface area contributed by atoms with E-state index in [2.05, 4.69) is 35.7 Å². The zero-order chi connectivity index (χ0) is 20.7. The second-order valence-corrected chi connectivity index (χ2v) is 6.83. The molecule has 0 unspecified atom stereocenters. The number of amides is 2. The number of fused-ring (bicyclic) bond motifs is 2. The van der Waals surface area contributed by atoms with Crippen molar-refractivity contribution in [1.82, 2.24) is 40.3 Å². The largest absolute Gasteiger partial charge is 0.337 e. The van der Waals surface area contributed by atoms with Gasteiger partial charge in [-0.25, -0.2) is 28.8 Å². The van der Waals surface area contributed by atoms with Crippen molar-refractivity contribution >= 4 is 33.9 Å². The summed E-state index contributed by atoms with van der Waals surface area (Å²) >= 11 is 0. The Hall–Kier alpha value is -4.02. The van der Waals surface area contributed by atoms with Gasteiger partial charge in [0.05, 0.1) is 30.5 Å². The number of nitrogens with zero attached hydrogens (tertiary/aromatic N) is 8. The van der Waals surface area contributed by atoms with E-state index in [9.17, 15) is 9.18 Å². The van der Waals surface area contributed by atoms with Crippen molar-refractivity contribution in [3.8, 4) is 0 Å². The molecule has 30 heavy (non-hydrogen) atoms. The lowest BCUT2D eigenvalue weighted by Crippen LogP contribution is -2.24. The highest BCUT2D eigenvalue weighted by atomic mass is 19.1. The van der Waals surface area contributed by atoms with Crippen LogP contribution in [0.3, 0.4) is 0 Å². The fourth-order valence-electron chi connectivity index (χ4n) is 3.25. The van der Waals surface area contributed by atoms with Crippen molar-refractivity contribution < 1.29 is 9.18 Å². The molecule has 0 saturated carbocycles. The van der Waals surface area contributed by atoms with Gasteiger partial charge in [0.1, 0.15) is 11.5 Å². The van der Waals surface area contributed by atoms with Gasteiger partial charge in [0.2, 0.25) is 5.65 Å². The van der Waals surface area contributed by atoms with Crippen molar-refractivity contribution in [3.05, 3.63) is 53.7 Å². The molecule has 10 nitrogen and oxygen atoms in total. The van der Waals surface area contributed by atoms with E-state index < -0.39 is 0 Å². The van der Waals surface area contributed by atoms with Crippen molar-refractivity contribution in [2.45, 2.75) is 13.5 Å². The fourth-order valence-corrected chi connectivity index (χ4v) is 3.25. The number of hydrazone groups is 1. The van der Waals surface area contributed by atoms with Crippen LogP contribution >= 0.6 is 0 Å². The molecule has 1 aliphatic heterocycles. The van der Waals surface area contributed by atoms with Crippen LogP contribution in [0.4, 0.5) is 9.18 Å². The third-order valence-corrected chi connectivity index (χ3v) is 4.79. The maximum absolute atomic E-state index is 14.6. The lowest BCUT2D eigenvalue weighted by molar-refractivity contribution is 0.219. The molecule has 1 aliphatic rings. The molecule has 150 valence electrons. The summed E-state index contributed by atoms with van der Waals surface area (Å²) in [7, 11) is 0. The highest BCUT2D eigenvalue weighted by Crippen LogP contribution is 2.19. The molecule has 0 spiro atoms. The number of halogens is 1. The van der Waals surface area contributed by atoms with Crippen LogP contribution < -0.4 is 5.32 Å². The fraction of sp³-hybridized carbons (Fsp3) is 0.211. The molecule has 0 bridgehead atoms. The quantitative estimate of drug-likeness (QED) is 0.517. The minimum Gasteiger partial charge on any atom is -0.335 e. The molecule has 0 radical (unpaired) electrons. The van der Waals surface area contributed by atoms with E-state index in [4.69, 9.17) is 0 Å². The molecule has 0 aliphatic carbocycles. The second-order valence-electron chi connectivity index (χ2n) is 6.83. The van der Waals surface area contributed by atoms with Gasteiger partial charge in [0.15, 0.2) is 5.65 Å². The number of benzene rings is 1. The summed E-state index contributed by atoms with van der Waals surface area (Å²) in [6, 6.07) is 6.56. The molecule has 11 heteroatoms. The first-order valence-electron chi connectivity index (χ1n) is 9.29. The molecule has 0 atom stereocenters. The molecule has 5 rings (SSSR count). The third kappa shape index (κ3) is 3.19. The van der Waals surface area contributed by atoms with Gasteiger partial charge in [-0.3, -0.25) is 4.98 Å². The standard InChI is InChI=1S/C19H16FN9O/c1-11(26-28-6-5-22-19(28)30)16-9-23-17-18(24-16)29(27-25-17)10-13-7-12-3-2-4-21-15(12)8-14(13)20/h2-4,7-9H,5-6,10H2,1H3,(H,22,30)/b26-11+. The lowest BCUT2D eigenvalue weighted by Gasteiger charge is -2.09. The lowest BCUT2D eigenvalue weighted by atomic mass is 10.1. The predicted molar refractivity (Wildman–Crippen MR) is 106 cm³/mol. The minimum absolute atomic E-state index is 0.135. The summed E-state index contributed by atoms with van der Waals surface area (Å²) in [5.41, 5.74) is 2.77. The molecule has 2 amide bonds. The Morgan fingerprint density at radius 1 is 1.33 bits per heavy atom. The van der Waals surface area contributed by atoms with Gasteiger partial charge < -0.3 is 5.32 Å². The van der Waals surface area contributed by atoms with Gasteiger partial charge in [-0.05, 0) is 19.1 Å². The number of rotatable bonds is 4. The number of urea groups is 1. The number of hydrogen-bond acceptors (Lipinski definition) is 7. The Morgan fingerprint density at radius 3 is 3.07 bits per heavy atom. The van der Waals surface area contributed by atoms with E-state index >= 15 is 0 Å². The van der Waals surface area contributed by atoms with E-state index in [1.165, 1.54) is 22.0 Å². The molecule has 4 aromatic rings. The van der Waals surface area contributed by atoms with Crippen molar-refractivity contribution in [3.63, 3.8) is 0 Å². The van der Waals surface area contributed by atoms with Gasteiger partial charge in [0.25, 0.3) is 0 Å². The first-order chi connectivity index (χ1) is 14.6. The van der Waals surface area contributed by atoms with E-state index in [0.29, 0.717) is 46.9 Å². The minimum atomic E-state index is -0.383. The monoisotopic (exact) mass is 405 g/mol. The van der Waals surface area contributed by atoms with Gasteiger partial charge >= 0.3 is 6.03 Å². The maximum Gasteiger partial charge on any atom is 0.337 e. The summed E-state index contributed by atoms with van der Waals surface area (Å²) < 4.78 is 16.1. The third-order valence-electron chi connectivity index (χ3n) is 4.79. The van der Waals surface area contributed by atoms with Crippen molar-refractivity contribution in [2.75, 3.05) is 13.1 Å². The van der Waals surface area contributed by atoms with Crippen LogP contribution in [0.15, 0.2) is 41.8 Å². The molecule has 1 saturated heterocycles. The van der Waals surface area contributed by atoms with E-state index in [-0.39, 0.29) is 18.4 Å². The van der Waals surface area contributed by atoms with E-state index in [1.807, 2.05) is 6.07 Å². The molecule has 3 aromatic heterocycles. The number of nitrogens with one attached hydrogen (secondary N) is 1. The van der Waals surface area contributed by atoms with E-state index in [0.717, 1.165) is 5.39 Å². The molecule has 1 N–H and O–H groups in total. The van der Waals surface area contributed by atoms with Gasteiger partial charge in [0, 0.05) is 29.8 Å². The van der Waals surface area contributed by atoms with Gasteiger partial charge in [-0.1, -0.05) is 11.3 Å². The Labute approximate surface area is 169 Å². The van der Waals surface area contributed by atoms with Crippen LogP contribution in [0.2, 0.25) is 0 Å². The van der Waals surface area contributed by atoms with Gasteiger partial charge in [-0.15, -0.1) is 5.10 Å². The number of carbonyl (C=O) groups is 1. The second kappa shape index (κ2) is 7.10. The Morgan fingerprint density at radius 2 is 2.23 bits per heavy atom. The molecule has 4 heterocycles. The Kier molecular flexibility index (Phi) is 4.27. The van der Waals surface area contributed by atoms with Crippen LogP contribution in [-0.4, -0.2) is 59.8 Å². The van der Waals surface area contributed by atoms with Crippen molar-refractivity contribution in [2.24, 2.45) is 5.10 Å². The first kappa shape index (κ1) is 18.0. The SMILES string of the molecule is C/C(=N\N1CCNC1=O)c1cnc2nnn(Cc3cc4cccnc4cc3F)c2n1. The predicted octanol–water partition coefficient (Wildman–Crippen LogP) is 1.71. The molecular formula is C19H16FN9O. The zero-order valence-corrected chi connectivity index (χ0v) is 15.9. The topological polar surface area (TPSA) is 114 Å². The summed E-state index contributed by atoms with van der Waals surface area (Å²) in [5, 5.41) is 17.2. The highest BCUT2D eigenvalue weighted by Gasteiger charge is 2.20. The number of aromatic nitrogens is 6. The van der Waals surface area contributed by atoms with Gasteiger partial charge in [-0.2, -0.15) is 5.10 Å². The van der Waals surface area contributed by atoms with Crippen LogP contribution in [0.1, 0.15) is 18.2 Å². The normalized spacial score (nSPS) is 14.7. The summed E-state index contributed by atoms with van der Waals surface area (Å²) in [6.45, 7) is 2.91. The average Bonchev–Trinajstić information content (AvgIpc) is 3.34. The summed E-state index contributed by atoms with van der Waals surface area (Å²) in [5.74, 6) is -0.383.